The van der Waals surface area contributed by atoms with Crippen molar-refractivity contribution < 1.29 is 4.79 Å². The summed E-state index contributed by atoms with van der Waals surface area (Å²) in [5, 5.41) is 3.29. The van der Waals surface area contributed by atoms with E-state index in [1.165, 1.54) is 6.42 Å². The molecule has 0 saturated heterocycles. The molecule has 0 bridgehead atoms. The molecule has 3 N–H and O–H groups in total. The second-order valence-corrected chi connectivity index (χ2v) is 3.48. The van der Waals surface area contributed by atoms with E-state index in [0.29, 0.717) is 5.56 Å². The van der Waals surface area contributed by atoms with Crippen LogP contribution in [0.5, 0.6) is 0 Å². The molecule has 0 radical (unpaired) electrons. The van der Waals surface area contributed by atoms with E-state index in [2.05, 4.69) is 12.2 Å². The quantitative estimate of drug-likeness (QED) is 0.553. The average molecular weight is 206 g/mol. The third kappa shape index (κ3) is 3.72. The van der Waals surface area contributed by atoms with E-state index in [9.17, 15) is 4.79 Å². The zero-order valence-corrected chi connectivity index (χ0v) is 9.12. The second-order valence-electron chi connectivity index (χ2n) is 3.48. The molecule has 1 aromatic carbocycles. The SMILES string of the molecule is CCCCNc1ccc(C(=O)CN)cc1. The minimum atomic E-state index is -0.0184. The number of carbonyl (C=O) groups excluding carboxylic acids is 1. The topological polar surface area (TPSA) is 55.1 Å². The largest absolute Gasteiger partial charge is 0.385 e. The summed E-state index contributed by atoms with van der Waals surface area (Å²) >= 11 is 0. The van der Waals surface area contributed by atoms with Crippen LogP contribution in [0.1, 0.15) is 30.1 Å². The van der Waals surface area contributed by atoms with Gasteiger partial charge in [-0.3, -0.25) is 4.79 Å². The van der Waals surface area contributed by atoms with Gasteiger partial charge in [0.15, 0.2) is 5.78 Å². The van der Waals surface area contributed by atoms with E-state index >= 15 is 0 Å². The number of hydrogen-bond acceptors (Lipinski definition) is 3. The summed E-state index contributed by atoms with van der Waals surface area (Å²) in [5.74, 6) is -0.0184. The van der Waals surface area contributed by atoms with Crippen LogP contribution in [0, 0.1) is 0 Å². The van der Waals surface area contributed by atoms with Gasteiger partial charge in [-0.15, -0.1) is 0 Å². The molecule has 0 saturated carbocycles. The van der Waals surface area contributed by atoms with Crippen molar-refractivity contribution in [3.8, 4) is 0 Å². The van der Waals surface area contributed by atoms with Crippen molar-refractivity contribution in [2.24, 2.45) is 5.73 Å². The third-order valence-corrected chi connectivity index (χ3v) is 2.25. The standard InChI is InChI=1S/C12H18N2O/c1-2-3-8-14-11-6-4-10(5-7-11)12(15)9-13/h4-7,14H,2-3,8-9,13H2,1H3. The lowest BCUT2D eigenvalue weighted by molar-refractivity contribution is 0.100. The molecule has 82 valence electrons. The fourth-order valence-electron chi connectivity index (χ4n) is 1.30. The molecule has 0 heterocycles. The number of carbonyl (C=O) groups is 1. The lowest BCUT2D eigenvalue weighted by Gasteiger charge is -2.05. The number of Topliss-reactive ketones (excluding diaryl/α,β-unsaturated/α-hetero) is 1. The highest BCUT2D eigenvalue weighted by Gasteiger charge is 2.01. The Bertz CT molecular complexity index is 306. The zero-order chi connectivity index (χ0) is 11.1. The lowest BCUT2D eigenvalue weighted by atomic mass is 10.1. The Labute approximate surface area is 90.7 Å². The average Bonchev–Trinajstić information content (AvgIpc) is 2.29. The summed E-state index contributed by atoms with van der Waals surface area (Å²) in [7, 11) is 0. The maximum atomic E-state index is 11.2. The molecule has 1 aromatic rings. The fourth-order valence-corrected chi connectivity index (χ4v) is 1.30. The van der Waals surface area contributed by atoms with Gasteiger partial charge in [-0.05, 0) is 30.7 Å². The molecule has 0 spiro atoms. The highest BCUT2D eigenvalue weighted by atomic mass is 16.1. The van der Waals surface area contributed by atoms with Gasteiger partial charge in [0.1, 0.15) is 0 Å². The number of benzene rings is 1. The van der Waals surface area contributed by atoms with Gasteiger partial charge in [-0.25, -0.2) is 0 Å². The van der Waals surface area contributed by atoms with Crippen LogP contribution in [0.4, 0.5) is 5.69 Å². The summed E-state index contributed by atoms with van der Waals surface area (Å²) in [4.78, 5) is 11.2. The predicted octanol–water partition coefficient (Wildman–Crippen LogP) is 2.04. The van der Waals surface area contributed by atoms with Gasteiger partial charge < -0.3 is 11.1 Å². The van der Waals surface area contributed by atoms with Crippen molar-refractivity contribution in [3.05, 3.63) is 29.8 Å². The summed E-state index contributed by atoms with van der Waals surface area (Å²) < 4.78 is 0. The molecule has 0 aliphatic heterocycles. The summed E-state index contributed by atoms with van der Waals surface area (Å²) in [6, 6.07) is 7.45. The Kier molecular flexibility index (Phi) is 4.84. The molecule has 0 amide bonds. The van der Waals surface area contributed by atoms with Crippen LogP contribution >= 0.6 is 0 Å². The van der Waals surface area contributed by atoms with Gasteiger partial charge in [-0.2, -0.15) is 0 Å². The maximum absolute atomic E-state index is 11.2. The number of nitrogens with two attached hydrogens (primary N) is 1. The van der Waals surface area contributed by atoms with Gasteiger partial charge in [0, 0.05) is 17.8 Å². The molecule has 3 nitrogen and oxygen atoms in total. The first-order valence-electron chi connectivity index (χ1n) is 5.35. The van der Waals surface area contributed by atoms with Crippen molar-refractivity contribution in [1.29, 1.82) is 0 Å². The van der Waals surface area contributed by atoms with E-state index in [-0.39, 0.29) is 12.3 Å². The molecular weight excluding hydrogens is 188 g/mol. The second kappa shape index (κ2) is 6.19. The van der Waals surface area contributed by atoms with Crippen molar-refractivity contribution in [2.75, 3.05) is 18.4 Å². The Balaban J connectivity index is 2.52. The van der Waals surface area contributed by atoms with Crippen molar-refractivity contribution in [1.82, 2.24) is 0 Å². The first-order chi connectivity index (χ1) is 7.27. The Morgan fingerprint density at radius 1 is 1.33 bits per heavy atom. The normalized spacial score (nSPS) is 10.0. The van der Waals surface area contributed by atoms with Crippen molar-refractivity contribution in [2.45, 2.75) is 19.8 Å². The minimum Gasteiger partial charge on any atom is -0.385 e. The highest BCUT2D eigenvalue weighted by Crippen LogP contribution is 2.09. The smallest absolute Gasteiger partial charge is 0.176 e. The van der Waals surface area contributed by atoms with Gasteiger partial charge in [0.05, 0.1) is 6.54 Å². The summed E-state index contributed by atoms with van der Waals surface area (Å²) in [6.45, 7) is 3.20. The first-order valence-corrected chi connectivity index (χ1v) is 5.35. The first kappa shape index (κ1) is 11.7. The molecule has 0 aliphatic rings. The molecule has 0 atom stereocenters. The molecule has 0 fully saturated rings. The van der Waals surface area contributed by atoms with Gasteiger partial charge in [0.2, 0.25) is 0 Å². The number of nitrogens with one attached hydrogen (secondary N) is 1. The molecule has 0 aliphatic carbocycles. The Morgan fingerprint density at radius 3 is 2.53 bits per heavy atom. The minimum absolute atomic E-state index is 0.0184. The van der Waals surface area contributed by atoms with E-state index in [1.54, 1.807) is 0 Å². The number of ketones is 1. The molecule has 1 rings (SSSR count). The van der Waals surface area contributed by atoms with Crippen LogP contribution < -0.4 is 11.1 Å². The molecule has 0 aromatic heterocycles. The molecule has 0 unspecified atom stereocenters. The van der Waals surface area contributed by atoms with Gasteiger partial charge >= 0.3 is 0 Å². The van der Waals surface area contributed by atoms with E-state index in [1.807, 2.05) is 24.3 Å². The van der Waals surface area contributed by atoms with Crippen LogP contribution in [0.3, 0.4) is 0 Å². The number of anilines is 1. The van der Waals surface area contributed by atoms with Crippen LogP contribution in [-0.4, -0.2) is 18.9 Å². The van der Waals surface area contributed by atoms with E-state index in [0.717, 1.165) is 18.7 Å². The number of rotatable bonds is 6. The maximum Gasteiger partial charge on any atom is 0.176 e. The zero-order valence-electron chi connectivity index (χ0n) is 9.12. The lowest BCUT2D eigenvalue weighted by Crippen LogP contribution is -2.13. The number of unbranched alkanes of at least 4 members (excludes halogenated alkanes) is 1. The molecule has 15 heavy (non-hydrogen) atoms. The van der Waals surface area contributed by atoms with Crippen LogP contribution in [0.15, 0.2) is 24.3 Å². The Hall–Kier alpha value is -1.35. The summed E-state index contributed by atoms with van der Waals surface area (Å²) in [6.07, 6.45) is 2.33. The monoisotopic (exact) mass is 206 g/mol. The number of hydrogen-bond donors (Lipinski definition) is 2. The molecular formula is C12H18N2O. The fraction of sp³-hybridized carbons (Fsp3) is 0.417. The predicted molar refractivity (Wildman–Crippen MR) is 63.2 cm³/mol. The van der Waals surface area contributed by atoms with Crippen molar-refractivity contribution >= 4 is 11.5 Å². The van der Waals surface area contributed by atoms with Crippen molar-refractivity contribution in [3.63, 3.8) is 0 Å². The van der Waals surface area contributed by atoms with Crippen LogP contribution in [-0.2, 0) is 0 Å². The molecule has 3 heteroatoms. The van der Waals surface area contributed by atoms with E-state index in [4.69, 9.17) is 5.73 Å². The third-order valence-electron chi connectivity index (χ3n) is 2.25. The van der Waals surface area contributed by atoms with Crippen LogP contribution in [0.2, 0.25) is 0 Å². The van der Waals surface area contributed by atoms with Gasteiger partial charge in [-0.1, -0.05) is 13.3 Å². The van der Waals surface area contributed by atoms with Gasteiger partial charge in [0.25, 0.3) is 0 Å². The Morgan fingerprint density at radius 2 is 2.00 bits per heavy atom. The highest BCUT2D eigenvalue weighted by molar-refractivity contribution is 5.97. The van der Waals surface area contributed by atoms with E-state index < -0.39 is 0 Å². The summed E-state index contributed by atoms with van der Waals surface area (Å²) in [5.41, 5.74) is 7.01. The van der Waals surface area contributed by atoms with Crippen LogP contribution in [0.25, 0.3) is 0 Å².